The molecule has 28 heavy (non-hydrogen) atoms. The highest BCUT2D eigenvalue weighted by Gasteiger charge is 2.44. The minimum atomic E-state index is -1.31. The van der Waals surface area contributed by atoms with Gasteiger partial charge in [0.25, 0.3) is 0 Å². The third-order valence-electron chi connectivity index (χ3n) is 4.56. The molecule has 1 fully saturated rings. The number of aliphatic hydroxyl groups excluding tert-OH is 3. The number of nitrogens with two attached hydrogens (primary N) is 1. The van der Waals surface area contributed by atoms with Crippen LogP contribution in [0.4, 0.5) is 5.82 Å². The van der Waals surface area contributed by atoms with Gasteiger partial charge in [0.2, 0.25) is 0 Å². The van der Waals surface area contributed by atoms with E-state index in [9.17, 15) is 25.2 Å². The van der Waals surface area contributed by atoms with E-state index in [0.29, 0.717) is 6.42 Å². The highest BCUT2D eigenvalue weighted by molar-refractivity contribution is 8.00. The van der Waals surface area contributed by atoms with E-state index < -0.39 is 42.4 Å². The molecular weight excluding hydrogens is 390 g/mol. The Balaban J connectivity index is 1.94. The zero-order valence-electron chi connectivity index (χ0n) is 15.2. The van der Waals surface area contributed by atoms with Crippen LogP contribution in [-0.2, 0) is 9.53 Å². The third-order valence-corrected chi connectivity index (χ3v) is 5.68. The number of aliphatic hydroxyl groups is 3. The van der Waals surface area contributed by atoms with Crippen LogP contribution in [0.2, 0.25) is 0 Å². The van der Waals surface area contributed by atoms with Crippen LogP contribution in [0.25, 0.3) is 11.2 Å². The van der Waals surface area contributed by atoms with Gasteiger partial charge in [-0.3, -0.25) is 9.36 Å². The number of carboxylic acid groups (broad SMARTS) is 1. The molecule has 3 heterocycles. The first kappa shape index (κ1) is 20.7. The van der Waals surface area contributed by atoms with Crippen molar-refractivity contribution < 1.29 is 30.0 Å². The zero-order chi connectivity index (χ0) is 20.4. The third kappa shape index (κ3) is 3.91. The van der Waals surface area contributed by atoms with Gasteiger partial charge in [0, 0.05) is 0 Å². The average molecular weight is 413 g/mol. The molecule has 0 aromatic carbocycles. The number of ether oxygens (including phenoxy) is 1. The second-order valence-corrected chi connectivity index (χ2v) is 7.70. The van der Waals surface area contributed by atoms with E-state index in [1.54, 1.807) is 0 Å². The van der Waals surface area contributed by atoms with E-state index in [2.05, 4.69) is 15.0 Å². The highest BCUT2D eigenvalue weighted by atomic mass is 32.2. The van der Waals surface area contributed by atoms with Crippen LogP contribution in [0.15, 0.2) is 11.5 Å². The van der Waals surface area contributed by atoms with Gasteiger partial charge in [-0.05, 0) is 6.42 Å². The van der Waals surface area contributed by atoms with Crippen molar-refractivity contribution in [3.05, 3.63) is 6.33 Å². The van der Waals surface area contributed by atoms with E-state index >= 15 is 0 Å². The largest absolute Gasteiger partial charge is 0.480 e. The molecule has 0 spiro atoms. The number of carbonyl (C=O) groups is 1. The lowest BCUT2D eigenvalue weighted by Crippen LogP contribution is -2.33. The number of nitrogen functional groups attached to an aromatic ring is 1. The molecule has 0 aliphatic carbocycles. The van der Waals surface area contributed by atoms with Gasteiger partial charge in [-0.15, -0.1) is 0 Å². The maximum atomic E-state index is 11.5. The lowest BCUT2D eigenvalue weighted by molar-refractivity contribution is -0.136. The SMILES string of the molecule is CCCCC(Sc1nc(N)c2ncn([C@@H]3O[C@H](CO)C(O)C3O)c2n1)C(=O)O. The number of hydrogen-bond acceptors (Lipinski definition) is 10. The number of nitrogens with zero attached hydrogens (tertiary/aromatic N) is 4. The topological polar surface area (TPSA) is 177 Å². The molecule has 3 rings (SSSR count). The van der Waals surface area contributed by atoms with Crippen molar-refractivity contribution in [2.45, 2.75) is 61.1 Å². The van der Waals surface area contributed by atoms with Crippen LogP contribution < -0.4 is 5.73 Å². The first-order valence-corrected chi connectivity index (χ1v) is 9.77. The lowest BCUT2D eigenvalue weighted by atomic mass is 10.1. The van der Waals surface area contributed by atoms with Crippen molar-refractivity contribution in [3.8, 4) is 0 Å². The van der Waals surface area contributed by atoms with E-state index in [4.69, 9.17) is 10.5 Å². The Morgan fingerprint density at radius 3 is 2.75 bits per heavy atom. The van der Waals surface area contributed by atoms with Crippen LogP contribution in [0.3, 0.4) is 0 Å². The van der Waals surface area contributed by atoms with E-state index in [-0.39, 0.29) is 22.1 Å². The molecule has 1 saturated heterocycles. The van der Waals surface area contributed by atoms with E-state index in [1.807, 2.05) is 6.92 Å². The Kier molecular flexibility index (Phi) is 6.35. The molecule has 2 aromatic heterocycles. The normalized spacial score (nSPS) is 26.0. The molecule has 2 aromatic rings. The molecule has 5 atom stereocenters. The first-order valence-electron chi connectivity index (χ1n) is 8.89. The Labute approximate surface area is 164 Å². The Morgan fingerprint density at radius 2 is 2.14 bits per heavy atom. The molecule has 0 amide bonds. The quantitative estimate of drug-likeness (QED) is 0.285. The summed E-state index contributed by atoms with van der Waals surface area (Å²) in [6.45, 7) is 1.51. The summed E-state index contributed by atoms with van der Waals surface area (Å²) in [6.07, 6.45) is -1.13. The monoisotopic (exact) mass is 413 g/mol. The smallest absolute Gasteiger partial charge is 0.317 e. The number of unbranched alkanes of at least 4 members (excludes halogenated alkanes) is 1. The summed E-state index contributed by atoms with van der Waals surface area (Å²) in [5.41, 5.74) is 6.46. The Morgan fingerprint density at radius 1 is 1.39 bits per heavy atom. The summed E-state index contributed by atoms with van der Waals surface area (Å²) in [7, 11) is 0. The summed E-state index contributed by atoms with van der Waals surface area (Å²) in [6, 6.07) is 0. The molecule has 6 N–H and O–H groups in total. The molecule has 11 nitrogen and oxygen atoms in total. The van der Waals surface area contributed by atoms with Gasteiger partial charge in [-0.1, -0.05) is 31.5 Å². The number of aromatic nitrogens is 4. The van der Waals surface area contributed by atoms with Gasteiger partial charge in [-0.2, -0.15) is 0 Å². The minimum absolute atomic E-state index is 0.0672. The molecule has 0 radical (unpaired) electrons. The number of rotatable bonds is 8. The van der Waals surface area contributed by atoms with Gasteiger partial charge in [0.05, 0.1) is 12.9 Å². The van der Waals surface area contributed by atoms with Gasteiger partial charge in [0.15, 0.2) is 22.8 Å². The number of aliphatic carboxylic acids is 1. The van der Waals surface area contributed by atoms with E-state index in [0.717, 1.165) is 24.6 Å². The minimum Gasteiger partial charge on any atom is -0.480 e. The lowest BCUT2D eigenvalue weighted by Gasteiger charge is -2.17. The van der Waals surface area contributed by atoms with Crippen molar-refractivity contribution in [1.29, 1.82) is 0 Å². The molecule has 0 bridgehead atoms. The number of anilines is 1. The summed E-state index contributed by atoms with van der Waals surface area (Å²) in [5, 5.41) is 38.4. The summed E-state index contributed by atoms with van der Waals surface area (Å²) < 4.78 is 6.90. The van der Waals surface area contributed by atoms with Crippen molar-refractivity contribution in [2.24, 2.45) is 0 Å². The second kappa shape index (κ2) is 8.57. The number of carboxylic acids is 1. The summed E-state index contributed by atoms with van der Waals surface area (Å²) >= 11 is 0.991. The fourth-order valence-corrected chi connectivity index (χ4v) is 3.95. The number of imidazole rings is 1. The Bertz CT molecular complexity index is 848. The summed E-state index contributed by atoms with van der Waals surface area (Å²) in [5.74, 6) is -0.893. The number of thioether (sulfide) groups is 1. The molecular formula is C16H23N5O6S. The van der Waals surface area contributed by atoms with Gasteiger partial charge in [0.1, 0.15) is 29.1 Å². The molecule has 12 heteroatoms. The first-order chi connectivity index (χ1) is 13.4. The summed E-state index contributed by atoms with van der Waals surface area (Å²) in [4.78, 5) is 24.1. The number of fused-ring (bicyclic) bond motifs is 1. The molecule has 154 valence electrons. The second-order valence-electron chi connectivity index (χ2n) is 6.53. The fourth-order valence-electron chi connectivity index (χ4n) is 3.02. The molecule has 0 saturated carbocycles. The van der Waals surface area contributed by atoms with Crippen LogP contribution in [-0.4, -0.2) is 76.1 Å². The van der Waals surface area contributed by atoms with Gasteiger partial charge < -0.3 is 30.9 Å². The van der Waals surface area contributed by atoms with Crippen molar-refractivity contribution in [1.82, 2.24) is 19.5 Å². The Hall–Kier alpha value is -1.99. The van der Waals surface area contributed by atoms with Crippen molar-refractivity contribution >= 4 is 34.7 Å². The maximum absolute atomic E-state index is 11.5. The highest BCUT2D eigenvalue weighted by Crippen LogP contribution is 2.33. The average Bonchev–Trinajstić information content (AvgIpc) is 3.20. The van der Waals surface area contributed by atoms with Gasteiger partial charge in [-0.25, -0.2) is 15.0 Å². The van der Waals surface area contributed by atoms with Crippen LogP contribution in [0, 0.1) is 0 Å². The standard InChI is InChI=1S/C16H23N5O6S/c1-2-3-4-8(15(25)26)28-16-19-12(17)9-13(20-16)21(6-18-9)14-11(24)10(23)7(5-22)27-14/h6-8,10-11,14,22-24H,2-5H2,1H3,(H,25,26)(H2,17,19,20)/t7-,8?,10?,11?,14-/m1/s1. The maximum Gasteiger partial charge on any atom is 0.317 e. The predicted molar refractivity (Wildman–Crippen MR) is 99.6 cm³/mol. The van der Waals surface area contributed by atoms with E-state index in [1.165, 1.54) is 10.9 Å². The molecule has 1 aliphatic heterocycles. The number of hydrogen-bond donors (Lipinski definition) is 5. The zero-order valence-corrected chi connectivity index (χ0v) is 16.0. The van der Waals surface area contributed by atoms with Crippen LogP contribution >= 0.6 is 11.8 Å². The van der Waals surface area contributed by atoms with Crippen LogP contribution in [0.5, 0.6) is 0 Å². The van der Waals surface area contributed by atoms with Crippen LogP contribution in [0.1, 0.15) is 32.4 Å². The molecule has 3 unspecified atom stereocenters. The predicted octanol–water partition coefficient (Wildman–Crippen LogP) is -0.245. The van der Waals surface area contributed by atoms with Gasteiger partial charge >= 0.3 is 5.97 Å². The van der Waals surface area contributed by atoms with Crippen molar-refractivity contribution in [2.75, 3.05) is 12.3 Å². The fraction of sp³-hybridized carbons (Fsp3) is 0.625. The van der Waals surface area contributed by atoms with Crippen molar-refractivity contribution in [3.63, 3.8) is 0 Å². The molecule has 1 aliphatic rings.